The van der Waals surface area contributed by atoms with Crippen LogP contribution in [0.4, 0.5) is 0 Å². The first-order valence-corrected chi connectivity index (χ1v) is 5.17. The van der Waals surface area contributed by atoms with Crippen LogP contribution in [0.25, 0.3) is 0 Å². The highest BCUT2D eigenvalue weighted by molar-refractivity contribution is 5.08. The number of nitrogens with zero attached hydrogens (tertiary/aromatic N) is 2. The first-order valence-electron chi connectivity index (χ1n) is 5.17. The molecule has 1 aromatic heterocycles. The fourth-order valence-corrected chi connectivity index (χ4v) is 1.44. The zero-order valence-electron chi connectivity index (χ0n) is 9.00. The van der Waals surface area contributed by atoms with Crippen molar-refractivity contribution in [3.05, 3.63) is 11.6 Å². The normalized spacial score (nSPS) is 20.8. The summed E-state index contributed by atoms with van der Waals surface area (Å²) in [7, 11) is 1.71. The number of hydrogen-bond donors (Lipinski definition) is 1. The fourth-order valence-electron chi connectivity index (χ4n) is 1.44. The van der Waals surface area contributed by atoms with Crippen molar-refractivity contribution in [2.45, 2.75) is 44.6 Å². The van der Waals surface area contributed by atoms with E-state index in [1.54, 1.807) is 7.11 Å². The number of rotatable bonds is 4. The average molecular weight is 195 g/mol. The van der Waals surface area contributed by atoms with E-state index in [1.165, 1.54) is 12.8 Å². The molecule has 78 valence electrons. The van der Waals surface area contributed by atoms with Crippen LogP contribution in [0.2, 0.25) is 0 Å². The van der Waals surface area contributed by atoms with Crippen molar-refractivity contribution in [3.63, 3.8) is 0 Å². The van der Waals surface area contributed by atoms with Gasteiger partial charge in [0.05, 0.1) is 0 Å². The van der Waals surface area contributed by atoms with Crippen LogP contribution in [-0.2, 0) is 10.3 Å². The molecule has 4 heteroatoms. The molecule has 0 spiro atoms. The van der Waals surface area contributed by atoms with Crippen LogP contribution in [0.3, 0.4) is 0 Å². The predicted molar refractivity (Wildman–Crippen MR) is 53.0 cm³/mol. The number of nitrogens with one attached hydrogen (secondary N) is 1. The standard InChI is InChI=1S/C10H17N3O/c1-4-10(2,14-3)9-11-8(12-13-9)7-5-6-7/h7H,4-6H2,1-3H3,(H,11,12,13). The Kier molecular flexibility index (Phi) is 2.31. The van der Waals surface area contributed by atoms with Gasteiger partial charge >= 0.3 is 0 Å². The van der Waals surface area contributed by atoms with Crippen molar-refractivity contribution in [2.75, 3.05) is 7.11 Å². The van der Waals surface area contributed by atoms with E-state index in [0.717, 1.165) is 18.1 Å². The lowest BCUT2D eigenvalue weighted by Crippen LogP contribution is -2.24. The maximum atomic E-state index is 5.44. The third kappa shape index (κ3) is 1.54. The van der Waals surface area contributed by atoms with Crippen molar-refractivity contribution in [3.8, 4) is 0 Å². The van der Waals surface area contributed by atoms with Gasteiger partial charge in [-0.05, 0) is 26.2 Å². The van der Waals surface area contributed by atoms with Gasteiger partial charge in [0.15, 0.2) is 5.82 Å². The topological polar surface area (TPSA) is 50.8 Å². The van der Waals surface area contributed by atoms with Gasteiger partial charge in [-0.1, -0.05) is 6.92 Å². The van der Waals surface area contributed by atoms with Crippen LogP contribution < -0.4 is 0 Å². The second-order valence-electron chi connectivity index (χ2n) is 4.11. The van der Waals surface area contributed by atoms with Crippen LogP contribution in [0.1, 0.15) is 50.7 Å². The molecule has 2 rings (SSSR count). The first-order chi connectivity index (χ1) is 6.69. The lowest BCUT2D eigenvalue weighted by atomic mass is 10.0. The summed E-state index contributed by atoms with van der Waals surface area (Å²) in [5, 5.41) is 7.23. The van der Waals surface area contributed by atoms with Gasteiger partial charge in [0.2, 0.25) is 0 Å². The van der Waals surface area contributed by atoms with Gasteiger partial charge < -0.3 is 4.74 Å². The van der Waals surface area contributed by atoms with Gasteiger partial charge in [-0.25, -0.2) is 4.98 Å². The largest absolute Gasteiger partial charge is 0.370 e. The highest BCUT2D eigenvalue weighted by atomic mass is 16.5. The summed E-state index contributed by atoms with van der Waals surface area (Å²) >= 11 is 0. The minimum atomic E-state index is -0.344. The molecule has 1 fully saturated rings. The zero-order chi connectivity index (χ0) is 10.2. The van der Waals surface area contributed by atoms with Crippen molar-refractivity contribution < 1.29 is 4.74 Å². The average Bonchev–Trinajstić information content (AvgIpc) is 2.95. The third-order valence-corrected chi connectivity index (χ3v) is 3.06. The molecule has 1 unspecified atom stereocenters. The molecule has 14 heavy (non-hydrogen) atoms. The molecule has 1 N–H and O–H groups in total. The second-order valence-corrected chi connectivity index (χ2v) is 4.11. The van der Waals surface area contributed by atoms with Crippen molar-refractivity contribution in [2.24, 2.45) is 0 Å². The van der Waals surface area contributed by atoms with Gasteiger partial charge in [-0.3, -0.25) is 5.10 Å². The summed E-state index contributed by atoms with van der Waals surface area (Å²) in [4.78, 5) is 4.49. The summed E-state index contributed by atoms with van der Waals surface area (Å²) in [5.41, 5.74) is -0.344. The molecule has 4 nitrogen and oxygen atoms in total. The highest BCUT2D eigenvalue weighted by Crippen LogP contribution is 2.38. The summed E-state index contributed by atoms with van der Waals surface area (Å²) < 4.78 is 5.44. The maximum Gasteiger partial charge on any atom is 0.182 e. The Hall–Kier alpha value is -0.900. The SMILES string of the molecule is CCC(C)(OC)c1n[nH]c(C2CC2)n1. The Morgan fingerprint density at radius 1 is 1.57 bits per heavy atom. The molecule has 0 aromatic carbocycles. The molecule has 1 heterocycles. The van der Waals surface area contributed by atoms with E-state index in [-0.39, 0.29) is 5.60 Å². The van der Waals surface area contributed by atoms with Crippen LogP contribution in [-0.4, -0.2) is 22.3 Å². The van der Waals surface area contributed by atoms with E-state index in [2.05, 4.69) is 22.1 Å². The molecule has 0 aliphatic heterocycles. The summed E-state index contributed by atoms with van der Waals surface area (Å²) in [6.07, 6.45) is 3.36. The summed E-state index contributed by atoms with van der Waals surface area (Å²) in [6, 6.07) is 0. The van der Waals surface area contributed by atoms with Crippen LogP contribution >= 0.6 is 0 Å². The lowest BCUT2D eigenvalue weighted by molar-refractivity contribution is -0.00872. The maximum absolute atomic E-state index is 5.44. The second kappa shape index (κ2) is 3.35. The molecule has 0 radical (unpaired) electrons. The molecule has 0 saturated heterocycles. The van der Waals surface area contributed by atoms with Crippen molar-refractivity contribution in [1.29, 1.82) is 0 Å². The van der Waals surface area contributed by atoms with E-state index in [0.29, 0.717) is 5.92 Å². The van der Waals surface area contributed by atoms with E-state index >= 15 is 0 Å². The quantitative estimate of drug-likeness (QED) is 0.799. The number of aromatic nitrogens is 3. The van der Waals surface area contributed by atoms with Crippen molar-refractivity contribution >= 4 is 0 Å². The van der Waals surface area contributed by atoms with Gasteiger partial charge in [0, 0.05) is 13.0 Å². The Bertz CT molecular complexity index is 313. The lowest BCUT2D eigenvalue weighted by Gasteiger charge is -2.22. The number of H-pyrrole nitrogens is 1. The molecular formula is C10H17N3O. The monoisotopic (exact) mass is 195 g/mol. The minimum Gasteiger partial charge on any atom is -0.370 e. The van der Waals surface area contributed by atoms with Crippen LogP contribution in [0.15, 0.2) is 0 Å². The summed E-state index contributed by atoms with van der Waals surface area (Å²) in [5.74, 6) is 2.43. The van der Waals surface area contributed by atoms with Gasteiger partial charge in [0.25, 0.3) is 0 Å². The predicted octanol–water partition coefficient (Wildman–Crippen LogP) is 1.95. The summed E-state index contributed by atoms with van der Waals surface area (Å²) in [6.45, 7) is 4.10. The molecule has 1 saturated carbocycles. The molecule has 1 aliphatic carbocycles. The van der Waals surface area contributed by atoms with E-state index < -0.39 is 0 Å². The van der Waals surface area contributed by atoms with Crippen molar-refractivity contribution in [1.82, 2.24) is 15.2 Å². The van der Waals surface area contributed by atoms with Gasteiger partial charge in [-0.2, -0.15) is 5.10 Å². The molecule has 1 atom stereocenters. The zero-order valence-corrected chi connectivity index (χ0v) is 9.00. The number of aromatic amines is 1. The first kappa shape index (κ1) is 9.65. The van der Waals surface area contributed by atoms with E-state index in [9.17, 15) is 0 Å². The Balaban J connectivity index is 2.21. The number of ether oxygens (including phenoxy) is 1. The fraction of sp³-hybridized carbons (Fsp3) is 0.800. The third-order valence-electron chi connectivity index (χ3n) is 3.06. The van der Waals surface area contributed by atoms with Gasteiger partial charge in [0.1, 0.15) is 11.4 Å². The molecule has 0 bridgehead atoms. The number of hydrogen-bond acceptors (Lipinski definition) is 3. The molecule has 0 amide bonds. The molecule has 1 aliphatic rings. The van der Waals surface area contributed by atoms with Gasteiger partial charge in [-0.15, -0.1) is 0 Å². The molecule has 1 aromatic rings. The Morgan fingerprint density at radius 2 is 2.29 bits per heavy atom. The van der Waals surface area contributed by atoms with Crippen LogP contribution in [0, 0.1) is 0 Å². The Labute approximate surface area is 84.1 Å². The Morgan fingerprint density at radius 3 is 2.79 bits per heavy atom. The smallest absolute Gasteiger partial charge is 0.182 e. The number of methoxy groups -OCH3 is 1. The minimum absolute atomic E-state index is 0.344. The highest BCUT2D eigenvalue weighted by Gasteiger charge is 2.32. The molecular weight excluding hydrogens is 178 g/mol. The van der Waals surface area contributed by atoms with Crippen LogP contribution in [0.5, 0.6) is 0 Å². The van der Waals surface area contributed by atoms with E-state index in [4.69, 9.17) is 4.74 Å². The van der Waals surface area contributed by atoms with E-state index in [1.807, 2.05) is 6.92 Å².